The van der Waals surface area contributed by atoms with Gasteiger partial charge in [0.25, 0.3) is 0 Å². The fourth-order valence-electron chi connectivity index (χ4n) is 1.89. The maximum absolute atomic E-state index is 10.4. The third kappa shape index (κ3) is 1.80. The number of carbonyl (C=O) groups is 1. The molecule has 2 unspecified atom stereocenters. The first-order valence-corrected chi connectivity index (χ1v) is 4.53. The van der Waals surface area contributed by atoms with E-state index in [0.717, 1.165) is 31.4 Å². The number of primary amides is 1. The van der Waals surface area contributed by atoms with Crippen LogP contribution in [0.1, 0.15) is 25.7 Å². The Morgan fingerprint density at radius 2 is 2.38 bits per heavy atom. The summed E-state index contributed by atoms with van der Waals surface area (Å²) in [6.45, 7) is 0. The Balaban J connectivity index is 1.99. The monoisotopic (exact) mass is 183 g/mol. The smallest absolute Gasteiger partial charge is 0.332 e. The lowest BCUT2D eigenvalue weighted by Crippen LogP contribution is -2.32. The van der Waals surface area contributed by atoms with E-state index >= 15 is 0 Å². The largest absolute Gasteiger partial charge is 0.369 e. The molecular formula is C8H13N3O2. The molecule has 2 aliphatic rings. The molecule has 2 saturated heterocycles. The number of nitrogens with zero attached hydrogens (tertiary/aromatic N) is 1. The van der Waals surface area contributed by atoms with Gasteiger partial charge in [0.15, 0.2) is 0 Å². The van der Waals surface area contributed by atoms with Crippen LogP contribution in [0.5, 0.6) is 0 Å². The summed E-state index contributed by atoms with van der Waals surface area (Å²) in [6.07, 6.45) is 4.58. The van der Waals surface area contributed by atoms with Crippen LogP contribution < -0.4 is 11.2 Å². The van der Waals surface area contributed by atoms with E-state index < -0.39 is 6.03 Å². The second kappa shape index (κ2) is 3.33. The minimum absolute atomic E-state index is 0.116. The molecule has 0 aromatic heterocycles. The van der Waals surface area contributed by atoms with Crippen LogP contribution >= 0.6 is 0 Å². The van der Waals surface area contributed by atoms with Crippen LogP contribution in [0, 0.1) is 0 Å². The molecular weight excluding hydrogens is 170 g/mol. The summed E-state index contributed by atoms with van der Waals surface area (Å²) >= 11 is 0. The van der Waals surface area contributed by atoms with Gasteiger partial charge in [0.1, 0.15) is 0 Å². The Hall–Kier alpha value is -1.10. The maximum atomic E-state index is 10.4. The number of hydrazone groups is 1. The molecule has 13 heavy (non-hydrogen) atoms. The molecule has 0 aromatic carbocycles. The number of hydrogen-bond acceptors (Lipinski definition) is 3. The first-order valence-electron chi connectivity index (χ1n) is 4.53. The molecule has 2 atom stereocenters. The van der Waals surface area contributed by atoms with Crippen LogP contribution in [0.25, 0.3) is 0 Å². The lowest BCUT2D eigenvalue weighted by molar-refractivity contribution is 0.0610. The van der Waals surface area contributed by atoms with Crippen LogP contribution in [-0.2, 0) is 4.74 Å². The van der Waals surface area contributed by atoms with Gasteiger partial charge in [-0.15, -0.1) is 0 Å². The van der Waals surface area contributed by atoms with Gasteiger partial charge in [0.05, 0.1) is 17.9 Å². The van der Waals surface area contributed by atoms with E-state index in [9.17, 15) is 4.79 Å². The summed E-state index contributed by atoms with van der Waals surface area (Å²) in [5.74, 6) is 0. The molecule has 2 fully saturated rings. The van der Waals surface area contributed by atoms with Gasteiger partial charge in [-0.05, 0) is 25.7 Å². The highest BCUT2D eigenvalue weighted by molar-refractivity contribution is 5.90. The van der Waals surface area contributed by atoms with Crippen molar-refractivity contribution in [1.29, 1.82) is 0 Å². The summed E-state index contributed by atoms with van der Waals surface area (Å²) < 4.78 is 5.62. The number of nitrogens with one attached hydrogen (secondary N) is 1. The minimum Gasteiger partial charge on any atom is -0.369 e. The van der Waals surface area contributed by atoms with E-state index in [1.807, 2.05) is 0 Å². The molecule has 0 aliphatic carbocycles. The van der Waals surface area contributed by atoms with Crippen molar-refractivity contribution in [1.82, 2.24) is 5.43 Å². The zero-order valence-corrected chi connectivity index (χ0v) is 7.32. The fraction of sp³-hybridized carbons (Fsp3) is 0.750. The molecule has 72 valence electrons. The molecule has 2 amide bonds. The van der Waals surface area contributed by atoms with E-state index in [0.29, 0.717) is 6.10 Å². The topological polar surface area (TPSA) is 76.7 Å². The van der Waals surface area contributed by atoms with Crippen molar-refractivity contribution in [3.8, 4) is 0 Å². The van der Waals surface area contributed by atoms with Crippen molar-refractivity contribution in [2.24, 2.45) is 10.8 Å². The summed E-state index contributed by atoms with van der Waals surface area (Å²) in [5, 5.41) is 3.93. The van der Waals surface area contributed by atoms with Crippen molar-refractivity contribution >= 4 is 11.7 Å². The van der Waals surface area contributed by atoms with Crippen molar-refractivity contribution in [3.05, 3.63) is 0 Å². The number of hydrogen-bond donors (Lipinski definition) is 2. The summed E-state index contributed by atoms with van der Waals surface area (Å²) in [7, 11) is 0. The van der Waals surface area contributed by atoms with Gasteiger partial charge in [0.2, 0.25) is 0 Å². The highest BCUT2D eigenvalue weighted by Crippen LogP contribution is 2.30. The second-order valence-corrected chi connectivity index (χ2v) is 3.44. The van der Waals surface area contributed by atoms with E-state index in [4.69, 9.17) is 10.5 Å². The van der Waals surface area contributed by atoms with Crippen LogP contribution in [0.15, 0.2) is 5.10 Å². The van der Waals surface area contributed by atoms with Crippen LogP contribution in [0.4, 0.5) is 4.79 Å². The van der Waals surface area contributed by atoms with Gasteiger partial charge in [-0.1, -0.05) is 0 Å². The number of urea groups is 1. The Morgan fingerprint density at radius 3 is 3.15 bits per heavy atom. The number of nitrogens with two attached hydrogens (primary N) is 1. The quantitative estimate of drug-likeness (QED) is 0.575. The molecule has 2 aliphatic heterocycles. The molecule has 0 radical (unpaired) electrons. The molecule has 2 heterocycles. The average molecular weight is 183 g/mol. The zero-order chi connectivity index (χ0) is 9.26. The van der Waals surface area contributed by atoms with E-state index in [2.05, 4.69) is 10.5 Å². The van der Waals surface area contributed by atoms with Gasteiger partial charge in [0, 0.05) is 0 Å². The van der Waals surface area contributed by atoms with Crippen LogP contribution in [0.3, 0.4) is 0 Å². The van der Waals surface area contributed by atoms with Crippen molar-refractivity contribution in [2.45, 2.75) is 37.9 Å². The molecule has 5 heteroatoms. The highest BCUT2D eigenvalue weighted by Gasteiger charge is 2.33. The molecule has 0 spiro atoms. The number of fused-ring (bicyclic) bond motifs is 2. The molecule has 0 aromatic rings. The molecule has 3 N–H and O–H groups in total. The predicted molar refractivity (Wildman–Crippen MR) is 47.3 cm³/mol. The van der Waals surface area contributed by atoms with Crippen LogP contribution in [0.2, 0.25) is 0 Å². The standard InChI is InChI=1S/C8H13N3O2/c9-8(12)11-10-6-3-1-5-2-4-7(6)13-5/h5,7H,1-4H2,(H3,9,11,12)/b10-6+. The SMILES string of the molecule is NC(=O)N/N=C1\CCC2CCC1O2. The first-order chi connectivity index (χ1) is 6.25. The van der Waals surface area contributed by atoms with E-state index in [-0.39, 0.29) is 6.10 Å². The second-order valence-electron chi connectivity index (χ2n) is 3.44. The lowest BCUT2D eigenvalue weighted by Gasteiger charge is -2.21. The van der Waals surface area contributed by atoms with E-state index in [1.54, 1.807) is 0 Å². The molecule has 0 saturated carbocycles. The van der Waals surface area contributed by atoms with Gasteiger partial charge in [-0.3, -0.25) is 0 Å². The normalized spacial score (nSPS) is 34.9. The highest BCUT2D eigenvalue weighted by atomic mass is 16.5. The molecule has 5 nitrogen and oxygen atoms in total. The Kier molecular flexibility index (Phi) is 2.18. The zero-order valence-electron chi connectivity index (χ0n) is 7.32. The first kappa shape index (κ1) is 8.50. The van der Waals surface area contributed by atoms with Crippen molar-refractivity contribution in [2.75, 3.05) is 0 Å². The van der Waals surface area contributed by atoms with Crippen molar-refractivity contribution in [3.63, 3.8) is 0 Å². The summed E-state index contributed by atoms with van der Waals surface area (Å²) in [5.41, 5.74) is 8.08. The Morgan fingerprint density at radius 1 is 1.54 bits per heavy atom. The lowest BCUT2D eigenvalue weighted by atomic mass is 10.1. The Labute approximate surface area is 76.3 Å². The fourth-order valence-corrected chi connectivity index (χ4v) is 1.89. The third-order valence-electron chi connectivity index (χ3n) is 2.51. The number of ether oxygens (including phenoxy) is 1. The molecule has 2 bridgehead atoms. The predicted octanol–water partition coefficient (Wildman–Crippen LogP) is 0.352. The average Bonchev–Trinajstić information content (AvgIpc) is 2.47. The van der Waals surface area contributed by atoms with Crippen LogP contribution in [-0.4, -0.2) is 24.0 Å². The van der Waals surface area contributed by atoms with Crippen molar-refractivity contribution < 1.29 is 9.53 Å². The van der Waals surface area contributed by atoms with Gasteiger partial charge in [-0.2, -0.15) is 5.10 Å². The minimum atomic E-state index is -0.618. The van der Waals surface area contributed by atoms with Gasteiger partial charge >= 0.3 is 6.03 Å². The van der Waals surface area contributed by atoms with Gasteiger partial charge in [-0.25, -0.2) is 10.2 Å². The number of amides is 2. The molecule has 2 rings (SSSR count). The van der Waals surface area contributed by atoms with Gasteiger partial charge < -0.3 is 10.5 Å². The summed E-state index contributed by atoms with van der Waals surface area (Å²) in [6, 6.07) is -0.618. The summed E-state index contributed by atoms with van der Waals surface area (Å²) in [4.78, 5) is 10.4. The maximum Gasteiger partial charge on any atom is 0.332 e. The number of carbonyl (C=O) groups excluding carboxylic acids is 1. The Bertz CT molecular complexity index is 252. The third-order valence-corrected chi connectivity index (χ3v) is 2.51. The number of rotatable bonds is 1. The van der Waals surface area contributed by atoms with E-state index in [1.165, 1.54) is 0 Å².